The number of sulfonamides is 1. The number of aromatic nitrogens is 1. The maximum atomic E-state index is 12.6. The van der Waals surface area contributed by atoms with Gasteiger partial charge in [0.1, 0.15) is 5.75 Å². The number of nitrogens with zero attached hydrogens (tertiary/aromatic N) is 1. The van der Waals surface area contributed by atoms with Crippen molar-refractivity contribution in [1.29, 1.82) is 0 Å². The van der Waals surface area contributed by atoms with Crippen molar-refractivity contribution >= 4 is 27.3 Å². The van der Waals surface area contributed by atoms with E-state index in [4.69, 9.17) is 4.74 Å². The van der Waals surface area contributed by atoms with E-state index in [-0.39, 0.29) is 16.6 Å². The topological polar surface area (TPSA) is 97.4 Å². The number of carbonyl (C=O) groups is 1. The first-order valence-corrected chi connectivity index (χ1v) is 9.55. The molecule has 0 radical (unpaired) electrons. The highest BCUT2D eigenvalue weighted by Crippen LogP contribution is 2.30. The van der Waals surface area contributed by atoms with Crippen LogP contribution >= 0.6 is 0 Å². The SMILES string of the molecule is CCOc1ccccc1NC(=O)c1ncccc1NS(=O)(=O)C1CC1. The average molecular weight is 361 g/mol. The fourth-order valence-electron chi connectivity index (χ4n) is 2.32. The van der Waals surface area contributed by atoms with Gasteiger partial charge in [-0.15, -0.1) is 0 Å². The number of ether oxygens (including phenoxy) is 1. The molecule has 1 heterocycles. The number of para-hydroxylation sites is 2. The molecule has 0 spiro atoms. The summed E-state index contributed by atoms with van der Waals surface area (Å²) < 4.78 is 32.2. The minimum atomic E-state index is -3.48. The van der Waals surface area contributed by atoms with E-state index in [1.807, 2.05) is 6.92 Å². The summed E-state index contributed by atoms with van der Waals surface area (Å²) in [5, 5.41) is 2.33. The molecule has 7 nitrogen and oxygen atoms in total. The maximum Gasteiger partial charge on any atom is 0.276 e. The molecule has 1 fully saturated rings. The third kappa shape index (κ3) is 4.08. The molecular formula is C17H19N3O4S. The number of carbonyl (C=O) groups excluding carboxylic acids is 1. The molecule has 2 aromatic rings. The van der Waals surface area contributed by atoms with Crippen molar-refractivity contribution in [3.63, 3.8) is 0 Å². The number of hydrogen-bond donors (Lipinski definition) is 2. The molecule has 1 aliphatic rings. The molecule has 3 rings (SSSR count). The predicted octanol–water partition coefficient (Wildman–Crippen LogP) is 2.64. The number of rotatable bonds is 7. The van der Waals surface area contributed by atoms with Gasteiger partial charge < -0.3 is 10.1 Å². The largest absolute Gasteiger partial charge is 0.492 e. The average Bonchev–Trinajstić information content (AvgIpc) is 3.42. The third-order valence-corrected chi connectivity index (χ3v) is 5.53. The van der Waals surface area contributed by atoms with Gasteiger partial charge >= 0.3 is 0 Å². The number of nitrogens with one attached hydrogen (secondary N) is 2. The van der Waals surface area contributed by atoms with Gasteiger partial charge in [-0.25, -0.2) is 13.4 Å². The third-order valence-electron chi connectivity index (χ3n) is 3.67. The molecule has 1 saturated carbocycles. The fourth-order valence-corrected chi connectivity index (χ4v) is 3.71. The maximum absolute atomic E-state index is 12.6. The summed E-state index contributed by atoms with van der Waals surface area (Å²) in [6.45, 7) is 2.31. The molecule has 0 atom stereocenters. The molecule has 25 heavy (non-hydrogen) atoms. The zero-order chi connectivity index (χ0) is 17.9. The lowest BCUT2D eigenvalue weighted by Gasteiger charge is -2.13. The summed E-state index contributed by atoms with van der Waals surface area (Å²) >= 11 is 0. The Kier molecular flexibility index (Phi) is 4.89. The van der Waals surface area contributed by atoms with E-state index >= 15 is 0 Å². The minimum Gasteiger partial charge on any atom is -0.492 e. The van der Waals surface area contributed by atoms with Crippen LogP contribution in [0.3, 0.4) is 0 Å². The molecule has 0 aliphatic heterocycles. The molecule has 132 valence electrons. The van der Waals surface area contributed by atoms with Crippen molar-refractivity contribution in [2.45, 2.75) is 25.0 Å². The molecule has 1 aromatic carbocycles. The minimum absolute atomic E-state index is 0.0121. The zero-order valence-corrected chi connectivity index (χ0v) is 14.5. The van der Waals surface area contributed by atoms with Crippen molar-refractivity contribution in [2.75, 3.05) is 16.6 Å². The summed E-state index contributed by atoms with van der Waals surface area (Å²) in [5.74, 6) is 0.0237. The normalized spacial score (nSPS) is 14.0. The van der Waals surface area contributed by atoms with E-state index in [1.165, 1.54) is 12.3 Å². The Bertz CT molecular complexity index is 879. The van der Waals surface area contributed by atoms with Crippen LogP contribution in [0.1, 0.15) is 30.3 Å². The molecule has 0 bridgehead atoms. The molecule has 8 heteroatoms. The molecule has 0 saturated heterocycles. The summed E-state index contributed by atoms with van der Waals surface area (Å²) in [4.78, 5) is 16.6. The van der Waals surface area contributed by atoms with Gasteiger partial charge in [-0.3, -0.25) is 9.52 Å². The quantitative estimate of drug-likeness (QED) is 0.790. The molecule has 1 aliphatic carbocycles. The monoisotopic (exact) mass is 361 g/mol. The predicted molar refractivity (Wildman–Crippen MR) is 95.4 cm³/mol. The summed E-state index contributed by atoms with van der Waals surface area (Å²) in [7, 11) is -3.48. The van der Waals surface area contributed by atoms with Crippen LogP contribution in [0.4, 0.5) is 11.4 Å². The highest BCUT2D eigenvalue weighted by molar-refractivity contribution is 7.93. The standard InChI is InChI=1S/C17H19N3O4S/c1-2-24-15-8-4-3-6-13(15)19-17(21)16-14(7-5-11-18-16)20-25(22,23)12-9-10-12/h3-8,11-12,20H,2,9-10H2,1H3,(H,19,21). The van der Waals surface area contributed by atoms with Gasteiger partial charge in [0.15, 0.2) is 5.69 Å². The first-order valence-electron chi connectivity index (χ1n) is 8.01. The van der Waals surface area contributed by atoms with Crippen molar-refractivity contribution in [3.05, 3.63) is 48.3 Å². The van der Waals surface area contributed by atoms with Crippen LogP contribution in [0.2, 0.25) is 0 Å². The van der Waals surface area contributed by atoms with E-state index in [9.17, 15) is 13.2 Å². The summed E-state index contributed by atoms with van der Waals surface area (Å²) in [6.07, 6.45) is 2.72. The Hall–Kier alpha value is -2.61. The lowest BCUT2D eigenvalue weighted by Crippen LogP contribution is -2.22. The Morgan fingerprint density at radius 2 is 1.92 bits per heavy atom. The van der Waals surface area contributed by atoms with Gasteiger partial charge in [-0.05, 0) is 44.0 Å². The van der Waals surface area contributed by atoms with Crippen LogP contribution in [0.15, 0.2) is 42.6 Å². The zero-order valence-electron chi connectivity index (χ0n) is 13.7. The van der Waals surface area contributed by atoms with Gasteiger partial charge in [0.25, 0.3) is 5.91 Å². The first-order chi connectivity index (χ1) is 12.0. The Balaban J connectivity index is 1.83. The van der Waals surface area contributed by atoms with Crippen LogP contribution in [0.5, 0.6) is 5.75 Å². The van der Waals surface area contributed by atoms with Crippen LogP contribution in [0, 0.1) is 0 Å². The summed E-state index contributed by atoms with van der Waals surface area (Å²) in [6, 6.07) is 10.1. The fraction of sp³-hybridized carbons (Fsp3) is 0.294. The van der Waals surface area contributed by atoms with Crippen LogP contribution in [0.25, 0.3) is 0 Å². The van der Waals surface area contributed by atoms with E-state index < -0.39 is 15.9 Å². The van der Waals surface area contributed by atoms with Gasteiger partial charge in [-0.2, -0.15) is 0 Å². The molecular weight excluding hydrogens is 342 g/mol. The van der Waals surface area contributed by atoms with Crippen molar-refractivity contribution < 1.29 is 17.9 Å². The van der Waals surface area contributed by atoms with E-state index in [0.29, 0.717) is 30.9 Å². The Morgan fingerprint density at radius 3 is 2.64 bits per heavy atom. The Morgan fingerprint density at radius 1 is 1.20 bits per heavy atom. The van der Waals surface area contributed by atoms with Crippen molar-refractivity contribution in [2.24, 2.45) is 0 Å². The lowest BCUT2D eigenvalue weighted by molar-refractivity contribution is 0.102. The number of amides is 1. The number of benzene rings is 1. The summed E-state index contributed by atoms with van der Waals surface area (Å²) in [5.41, 5.74) is 0.676. The van der Waals surface area contributed by atoms with Crippen LogP contribution in [-0.2, 0) is 10.0 Å². The van der Waals surface area contributed by atoms with E-state index in [2.05, 4.69) is 15.0 Å². The van der Waals surface area contributed by atoms with Gasteiger partial charge in [0, 0.05) is 6.20 Å². The second kappa shape index (κ2) is 7.10. The van der Waals surface area contributed by atoms with Crippen LogP contribution in [-0.4, -0.2) is 31.2 Å². The van der Waals surface area contributed by atoms with Gasteiger partial charge in [0.2, 0.25) is 10.0 Å². The lowest BCUT2D eigenvalue weighted by atomic mass is 10.2. The van der Waals surface area contributed by atoms with Crippen LogP contribution < -0.4 is 14.8 Å². The highest BCUT2D eigenvalue weighted by atomic mass is 32.2. The van der Waals surface area contributed by atoms with E-state index in [0.717, 1.165) is 0 Å². The van der Waals surface area contributed by atoms with Gasteiger partial charge in [0.05, 0.1) is 23.2 Å². The van der Waals surface area contributed by atoms with Crippen molar-refractivity contribution in [3.8, 4) is 5.75 Å². The number of hydrogen-bond acceptors (Lipinski definition) is 5. The molecule has 0 unspecified atom stereocenters. The Labute approximate surface area is 146 Å². The molecule has 1 aromatic heterocycles. The second-order valence-electron chi connectivity index (χ2n) is 5.63. The molecule has 1 amide bonds. The first kappa shape index (κ1) is 17.2. The highest BCUT2D eigenvalue weighted by Gasteiger charge is 2.36. The smallest absolute Gasteiger partial charge is 0.276 e. The second-order valence-corrected chi connectivity index (χ2v) is 7.59. The molecule has 2 N–H and O–H groups in total. The van der Waals surface area contributed by atoms with Crippen molar-refractivity contribution in [1.82, 2.24) is 4.98 Å². The van der Waals surface area contributed by atoms with E-state index in [1.54, 1.807) is 30.3 Å². The van der Waals surface area contributed by atoms with Gasteiger partial charge in [-0.1, -0.05) is 12.1 Å². The number of pyridine rings is 1. The number of anilines is 2.